The lowest BCUT2D eigenvalue weighted by Crippen LogP contribution is -2.13. The number of anilines is 1. The number of carbonyl (C=O) groups is 1. The first kappa shape index (κ1) is 26.3. The Bertz CT molecular complexity index is 1270. The number of carbonyl (C=O) groups excluding carboxylic acids is 1. The van der Waals surface area contributed by atoms with Gasteiger partial charge in [0.05, 0.1) is 17.2 Å². The highest BCUT2D eigenvalue weighted by Crippen LogP contribution is 2.37. The SMILES string of the molecule is COc1cc(/C=C(/C#N)C(=O)Nc2nnc(C(C)C)s2)cc(Cl)c1OCCOc1ccccc1Cl. The molecule has 182 valence electrons. The molecular weight excluding hydrogens is 511 g/mol. The van der Waals surface area contributed by atoms with Crippen LogP contribution in [0.5, 0.6) is 17.2 Å². The average Bonchev–Trinajstić information content (AvgIpc) is 3.30. The predicted octanol–water partition coefficient (Wildman–Crippen LogP) is 5.98. The minimum atomic E-state index is -0.605. The molecule has 2 aromatic carbocycles. The lowest BCUT2D eigenvalue weighted by Gasteiger charge is -2.14. The topological polar surface area (TPSA) is 106 Å². The minimum Gasteiger partial charge on any atom is -0.493 e. The summed E-state index contributed by atoms with van der Waals surface area (Å²) in [4.78, 5) is 12.6. The molecule has 0 saturated heterocycles. The van der Waals surface area contributed by atoms with Crippen LogP contribution in [0, 0.1) is 11.3 Å². The summed E-state index contributed by atoms with van der Waals surface area (Å²) in [6, 6.07) is 12.2. The van der Waals surface area contributed by atoms with Crippen LogP contribution in [0.2, 0.25) is 10.0 Å². The largest absolute Gasteiger partial charge is 0.493 e. The predicted molar refractivity (Wildman–Crippen MR) is 137 cm³/mol. The molecule has 1 heterocycles. The van der Waals surface area contributed by atoms with Crippen LogP contribution < -0.4 is 19.5 Å². The second-order valence-electron chi connectivity index (χ2n) is 7.39. The first-order valence-electron chi connectivity index (χ1n) is 10.5. The number of nitrogens with zero attached hydrogens (tertiary/aromatic N) is 3. The van der Waals surface area contributed by atoms with Crippen LogP contribution in [0.1, 0.15) is 30.3 Å². The number of aromatic nitrogens is 2. The Kier molecular flexibility index (Phi) is 9.32. The Labute approximate surface area is 217 Å². The number of nitrogens with one attached hydrogen (secondary N) is 1. The molecule has 1 N–H and O–H groups in total. The van der Waals surface area contributed by atoms with Crippen LogP contribution in [-0.2, 0) is 4.79 Å². The second kappa shape index (κ2) is 12.4. The number of ether oxygens (including phenoxy) is 3. The summed E-state index contributed by atoms with van der Waals surface area (Å²) in [6.45, 7) is 4.36. The summed E-state index contributed by atoms with van der Waals surface area (Å²) >= 11 is 13.7. The molecule has 35 heavy (non-hydrogen) atoms. The van der Waals surface area contributed by atoms with Crippen molar-refractivity contribution in [2.24, 2.45) is 0 Å². The Morgan fingerprint density at radius 3 is 2.54 bits per heavy atom. The van der Waals surface area contributed by atoms with Crippen molar-refractivity contribution in [3.63, 3.8) is 0 Å². The van der Waals surface area contributed by atoms with E-state index >= 15 is 0 Å². The smallest absolute Gasteiger partial charge is 0.268 e. The molecule has 0 fully saturated rings. The highest BCUT2D eigenvalue weighted by Gasteiger charge is 2.16. The van der Waals surface area contributed by atoms with Gasteiger partial charge in [-0.1, -0.05) is 60.5 Å². The number of nitriles is 1. The van der Waals surface area contributed by atoms with Gasteiger partial charge in [-0.15, -0.1) is 10.2 Å². The Morgan fingerprint density at radius 2 is 1.89 bits per heavy atom. The summed E-state index contributed by atoms with van der Waals surface area (Å²) in [6.07, 6.45) is 1.40. The number of amides is 1. The quantitative estimate of drug-likeness (QED) is 0.194. The fourth-order valence-electron chi connectivity index (χ4n) is 2.82. The summed E-state index contributed by atoms with van der Waals surface area (Å²) in [5.41, 5.74) is 0.351. The molecule has 0 radical (unpaired) electrons. The number of halogens is 2. The molecule has 1 aromatic heterocycles. The van der Waals surface area contributed by atoms with Crippen molar-refractivity contribution in [2.45, 2.75) is 19.8 Å². The van der Waals surface area contributed by atoms with Crippen LogP contribution in [0.3, 0.4) is 0 Å². The van der Waals surface area contributed by atoms with Gasteiger partial charge in [0, 0.05) is 5.92 Å². The van der Waals surface area contributed by atoms with Gasteiger partial charge in [0.25, 0.3) is 5.91 Å². The molecule has 8 nitrogen and oxygen atoms in total. The van der Waals surface area contributed by atoms with E-state index in [0.717, 1.165) is 5.01 Å². The highest BCUT2D eigenvalue weighted by molar-refractivity contribution is 7.15. The zero-order valence-corrected chi connectivity index (χ0v) is 21.5. The Balaban J connectivity index is 1.69. The van der Waals surface area contributed by atoms with Gasteiger partial charge in [-0.05, 0) is 35.9 Å². The summed E-state index contributed by atoms with van der Waals surface area (Å²) < 4.78 is 16.8. The molecule has 0 unspecified atom stereocenters. The molecular formula is C24H22Cl2N4O4S. The van der Waals surface area contributed by atoms with Crippen molar-refractivity contribution in [1.82, 2.24) is 10.2 Å². The van der Waals surface area contributed by atoms with E-state index in [1.807, 2.05) is 32.0 Å². The van der Waals surface area contributed by atoms with Crippen molar-refractivity contribution in [2.75, 3.05) is 25.6 Å². The number of benzene rings is 2. The summed E-state index contributed by atoms with van der Waals surface area (Å²) in [5.74, 6) is 0.776. The molecule has 0 aliphatic rings. The van der Waals surface area contributed by atoms with Gasteiger partial charge in [-0.2, -0.15) is 5.26 Å². The Hall–Kier alpha value is -3.32. The maximum absolute atomic E-state index is 12.6. The lowest BCUT2D eigenvalue weighted by molar-refractivity contribution is -0.112. The standard InChI is InChI=1S/C24H22Cl2N4O4S/c1-14(2)23-29-30-24(35-23)28-22(31)16(13-27)10-15-11-18(26)21(20(12-15)32-3)34-9-8-33-19-7-5-4-6-17(19)25/h4-7,10-12,14H,8-9H2,1-3H3,(H,28,30,31)/b16-10-. The van der Waals surface area contributed by atoms with E-state index in [1.54, 1.807) is 24.3 Å². The van der Waals surface area contributed by atoms with Crippen molar-refractivity contribution in [1.29, 1.82) is 5.26 Å². The van der Waals surface area contributed by atoms with Crippen LogP contribution in [0.25, 0.3) is 6.08 Å². The third-order valence-corrected chi connectivity index (χ3v) is 6.24. The Morgan fingerprint density at radius 1 is 1.14 bits per heavy atom. The monoisotopic (exact) mass is 532 g/mol. The minimum absolute atomic E-state index is 0.133. The van der Waals surface area contributed by atoms with Gasteiger partial charge in [0.2, 0.25) is 5.13 Å². The average molecular weight is 533 g/mol. The number of hydrogen-bond donors (Lipinski definition) is 1. The van der Waals surface area contributed by atoms with Gasteiger partial charge in [-0.3, -0.25) is 10.1 Å². The molecule has 0 saturated carbocycles. The molecule has 11 heteroatoms. The van der Waals surface area contributed by atoms with Gasteiger partial charge in [0.15, 0.2) is 11.5 Å². The van der Waals surface area contributed by atoms with Gasteiger partial charge >= 0.3 is 0 Å². The van der Waals surface area contributed by atoms with Crippen LogP contribution in [0.15, 0.2) is 42.0 Å². The molecule has 0 aliphatic heterocycles. The highest BCUT2D eigenvalue weighted by atomic mass is 35.5. The van der Waals surface area contributed by atoms with Gasteiger partial charge < -0.3 is 14.2 Å². The normalized spacial score (nSPS) is 11.2. The lowest BCUT2D eigenvalue weighted by atomic mass is 10.1. The number of rotatable bonds is 10. The van der Waals surface area contributed by atoms with Crippen molar-refractivity contribution in [3.8, 4) is 23.3 Å². The zero-order valence-electron chi connectivity index (χ0n) is 19.2. The fraction of sp³-hybridized carbons (Fsp3) is 0.250. The van der Waals surface area contributed by atoms with Crippen molar-refractivity contribution >= 4 is 51.7 Å². The first-order valence-corrected chi connectivity index (χ1v) is 12.0. The van der Waals surface area contributed by atoms with Crippen LogP contribution in [-0.4, -0.2) is 36.4 Å². The fourth-order valence-corrected chi connectivity index (χ4v) is 4.02. The molecule has 3 rings (SSSR count). The van der Waals surface area contributed by atoms with E-state index in [9.17, 15) is 10.1 Å². The van der Waals surface area contributed by atoms with E-state index in [2.05, 4.69) is 15.5 Å². The molecule has 0 spiro atoms. The third kappa shape index (κ3) is 7.09. The maximum Gasteiger partial charge on any atom is 0.268 e. The second-order valence-corrected chi connectivity index (χ2v) is 9.21. The maximum atomic E-state index is 12.6. The van der Waals surface area contributed by atoms with E-state index in [1.165, 1.54) is 24.5 Å². The number of hydrogen-bond acceptors (Lipinski definition) is 8. The molecule has 3 aromatic rings. The molecule has 1 amide bonds. The molecule has 0 atom stereocenters. The summed E-state index contributed by atoms with van der Waals surface area (Å²) in [7, 11) is 1.46. The van der Waals surface area contributed by atoms with Crippen molar-refractivity contribution < 1.29 is 19.0 Å². The molecule has 0 bridgehead atoms. The van der Waals surface area contributed by atoms with E-state index < -0.39 is 5.91 Å². The van der Waals surface area contributed by atoms with Gasteiger partial charge in [-0.25, -0.2) is 0 Å². The van der Waals surface area contributed by atoms with Gasteiger partial charge in [0.1, 0.15) is 35.6 Å². The zero-order chi connectivity index (χ0) is 25.4. The third-order valence-electron chi connectivity index (χ3n) is 4.51. The number of para-hydroxylation sites is 1. The number of methoxy groups -OCH3 is 1. The van der Waals surface area contributed by atoms with Crippen LogP contribution in [0.4, 0.5) is 5.13 Å². The van der Waals surface area contributed by atoms with Crippen LogP contribution >= 0.6 is 34.5 Å². The van der Waals surface area contributed by atoms with Crippen molar-refractivity contribution in [3.05, 3.63) is 62.6 Å². The van der Waals surface area contributed by atoms with E-state index in [0.29, 0.717) is 33.0 Å². The summed E-state index contributed by atoms with van der Waals surface area (Å²) in [5, 5.41) is 21.9. The van der Waals surface area contributed by atoms with E-state index in [4.69, 9.17) is 37.4 Å². The first-order chi connectivity index (χ1) is 16.8. The van der Waals surface area contributed by atoms with E-state index in [-0.39, 0.29) is 29.7 Å². The molecule has 0 aliphatic carbocycles.